The number of aliphatic carboxylic acids is 1. The number of benzene rings is 3. The van der Waals surface area contributed by atoms with Gasteiger partial charge in [0, 0.05) is 10.0 Å². The molecule has 1 atom stereocenters. The molecule has 0 radical (unpaired) electrons. The molecule has 34 heavy (non-hydrogen) atoms. The second-order valence-electron chi connectivity index (χ2n) is 7.63. The Bertz CT molecular complexity index is 1280. The Morgan fingerprint density at radius 3 is 2.15 bits per heavy atom. The highest BCUT2D eigenvalue weighted by atomic mass is 35.5. The number of thiophene rings is 1. The van der Waals surface area contributed by atoms with E-state index in [4.69, 9.17) is 27.9 Å². The largest absolute Gasteiger partial charge is 0.479 e. The number of ether oxygens (including phenoxy) is 1. The number of rotatable bonds is 9. The van der Waals surface area contributed by atoms with E-state index in [9.17, 15) is 14.7 Å². The lowest BCUT2D eigenvalue weighted by Gasteiger charge is -2.17. The van der Waals surface area contributed by atoms with Crippen molar-refractivity contribution >= 4 is 46.3 Å². The van der Waals surface area contributed by atoms with Crippen molar-refractivity contribution in [2.24, 2.45) is 0 Å². The van der Waals surface area contributed by atoms with Crippen LogP contribution in [0.1, 0.15) is 27.2 Å². The summed E-state index contributed by atoms with van der Waals surface area (Å²) in [5.41, 5.74) is 3.32. The number of hydrogen-bond acceptors (Lipinski definition) is 4. The van der Waals surface area contributed by atoms with E-state index in [1.54, 1.807) is 29.6 Å². The second-order valence-corrected chi connectivity index (χ2v) is 9.45. The van der Waals surface area contributed by atoms with Crippen molar-refractivity contribution < 1.29 is 19.4 Å². The minimum atomic E-state index is -1.12. The van der Waals surface area contributed by atoms with Gasteiger partial charge in [0.05, 0.1) is 10.4 Å². The third-order valence-electron chi connectivity index (χ3n) is 5.30. The van der Waals surface area contributed by atoms with Crippen LogP contribution >= 0.6 is 34.5 Å². The van der Waals surface area contributed by atoms with Crippen molar-refractivity contribution in [1.29, 1.82) is 0 Å². The number of ketones is 1. The van der Waals surface area contributed by atoms with Crippen molar-refractivity contribution in [2.45, 2.75) is 18.9 Å². The van der Waals surface area contributed by atoms with Crippen LogP contribution in [0.3, 0.4) is 0 Å². The fourth-order valence-electron chi connectivity index (χ4n) is 3.51. The van der Waals surface area contributed by atoms with Crippen LogP contribution in [0.2, 0.25) is 10.0 Å². The molecule has 0 amide bonds. The maximum Gasteiger partial charge on any atom is 0.344 e. The van der Waals surface area contributed by atoms with Crippen LogP contribution in [0.25, 0.3) is 11.1 Å². The molecule has 1 aromatic heterocycles. The van der Waals surface area contributed by atoms with Crippen LogP contribution < -0.4 is 4.74 Å². The van der Waals surface area contributed by atoms with E-state index in [2.05, 4.69) is 0 Å². The van der Waals surface area contributed by atoms with Gasteiger partial charge in [0.15, 0.2) is 6.10 Å². The molecule has 0 bridgehead atoms. The Balaban J connectivity index is 1.47. The molecule has 4 nitrogen and oxygen atoms in total. The molecule has 1 N–H and O–H groups in total. The Hall–Kier alpha value is -3.12. The molecule has 0 aliphatic rings. The van der Waals surface area contributed by atoms with E-state index in [-0.39, 0.29) is 23.5 Å². The van der Waals surface area contributed by atoms with Crippen LogP contribution in [0.4, 0.5) is 0 Å². The van der Waals surface area contributed by atoms with Gasteiger partial charge in [-0.05, 0) is 71.3 Å². The van der Waals surface area contributed by atoms with Crippen LogP contribution in [-0.2, 0) is 11.2 Å². The van der Waals surface area contributed by atoms with Crippen molar-refractivity contribution in [3.05, 3.63) is 110 Å². The van der Waals surface area contributed by atoms with E-state index < -0.39 is 12.1 Å². The van der Waals surface area contributed by atoms with E-state index in [0.717, 1.165) is 16.7 Å². The molecule has 0 spiro atoms. The van der Waals surface area contributed by atoms with Crippen molar-refractivity contribution in [3.8, 4) is 16.9 Å². The van der Waals surface area contributed by atoms with Crippen LogP contribution in [0.15, 0.2) is 84.2 Å². The third-order valence-corrected chi connectivity index (χ3v) is 6.66. The molecule has 0 saturated heterocycles. The van der Waals surface area contributed by atoms with E-state index in [0.29, 0.717) is 21.3 Å². The summed E-state index contributed by atoms with van der Waals surface area (Å²) in [6, 6.07) is 23.6. The van der Waals surface area contributed by atoms with Crippen molar-refractivity contribution in [3.63, 3.8) is 0 Å². The summed E-state index contributed by atoms with van der Waals surface area (Å²) < 4.78 is 5.82. The second kappa shape index (κ2) is 10.9. The van der Waals surface area contributed by atoms with Crippen molar-refractivity contribution in [2.75, 3.05) is 0 Å². The summed E-state index contributed by atoms with van der Waals surface area (Å²) in [7, 11) is 0. The lowest BCUT2D eigenvalue weighted by molar-refractivity contribution is -0.145. The molecular formula is C27H20Cl2O4S. The first-order valence-corrected chi connectivity index (χ1v) is 12.2. The highest BCUT2D eigenvalue weighted by Gasteiger charge is 2.23. The molecule has 0 fully saturated rings. The summed E-state index contributed by atoms with van der Waals surface area (Å²) in [4.78, 5) is 25.3. The van der Waals surface area contributed by atoms with Gasteiger partial charge in [-0.25, -0.2) is 4.79 Å². The quantitative estimate of drug-likeness (QED) is 0.238. The van der Waals surface area contributed by atoms with E-state index in [1.807, 2.05) is 48.5 Å². The zero-order valence-corrected chi connectivity index (χ0v) is 20.2. The Morgan fingerprint density at radius 1 is 0.882 bits per heavy atom. The predicted octanol–water partition coefficient (Wildman–Crippen LogP) is 7.42. The minimum absolute atomic E-state index is 0.202. The van der Waals surface area contributed by atoms with Crippen LogP contribution in [0, 0.1) is 0 Å². The average molecular weight is 511 g/mol. The monoisotopic (exact) mass is 510 g/mol. The fourth-order valence-corrected chi connectivity index (χ4v) is 4.49. The van der Waals surface area contributed by atoms with Crippen LogP contribution in [0.5, 0.6) is 5.75 Å². The maximum atomic E-state index is 12.9. The molecule has 4 rings (SSSR count). The Morgan fingerprint density at radius 2 is 1.53 bits per heavy atom. The molecule has 1 unspecified atom stereocenters. The summed E-state index contributed by atoms with van der Waals surface area (Å²) in [5, 5.41) is 12.6. The minimum Gasteiger partial charge on any atom is -0.479 e. The SMILES string of the molecule is O=C(c1cccs1)c1cc(Cl)ccc1OC(CCc1ccc(-c2ccc(Cl)cc2)cc1)C(=O)O. The standard InChI is InChI=1S/C27H20Cl2O4S/c28-20-10-8-19(9-11-20)18-6-3-17(4-7-18)5-13-24(27(31)32)33-23-14-12-21(29)16-22(23)26(30)25-2-1-15-34-25/h1-4,6-12,14-16,24H,5,13H2,(H,31,32). The summed E-state index contributed by atoms with van der Waals surface area (Å²) in [6.45, 7) is 0. The lowest BCUT2D eigenvalue weighted by atomic mass is 10.0. The molecule has 0 aliphatic carbocycles. The van der Waals surface area contributed by atoms with Gasteiger partial charge in [0.2, 0.25) is 5.78 Å². The molecule has 7 heteroatoms. The third kappa shape index (κ3) is 5.86. The van der Waals surface area contributed by atoms with Crippen molar-refractivity contribution in [1.82, 2.24) is 0 Å². The van der Waals surface area contributed by atoms with E-state index >= 15 is 0 Å². The first-order valence-electron chi connectivity index (χ1n) is 10.5. The number of aryl methyl sites for hydroxylation is 1. The first kappa shape index (κ1) is 24.0. The highest BCUT2D eigenvalue weighted by molar-refractivity contribution is 7.12. The number of carboxylic acid groups (broad SMARTS) is 1. The van der Waals surface area contributed by atoms with Crippen LogP contribution in [-0.4, -0.2) is 23.0 Å². The normalized spacial score (nSPS) is 11.7. The summed E-state index contributed by atoms with van der Waals surface area (Å²) in [5.74, 6) is -1.15. The predicted molar refractivity (Wildman–Crippen MR) is 136 cm³/mol. The number of halogens is 2. The topological polar surface area (TPSA) is 63.6 Å². The molecule has 0 saturated carbocycles. The Labute approximate surface area is 211 Å². The zero-order valence-electron chi connectivity index (χ0n) is 17.9. The smallest absolute Gasteiger partial charge is 0.344 e. The summed E-state index contributed by atoms with van der Waals surface area (Å²) >= 11 is 13.4. The number of carbonyl (C=O) groups is 2. The summed E-state index contributed by atoms with van der Waals surface area (Å²) in [6.07, 6.45) is -0.378. The molecule has 0 aliphatic heterocycles. The van der Waals surface area contributed by atoms with Gasteiger partial charge in [-0.3, -0.25) is 4.79 Å². The van der Waals surface area contributed by atoms with Gasteiger partial charge in [0.25, 0.3) is 0 Å². The lowest BCUT2D eigenvalue weighted by Crippen LogP contribution is -2.28. The first-order chi connectivity index (χ1) is 16.4. The zero-order chi connectivity index (χ0) is 24.1. The molecule has 3 aromatic carbocycles. The van der Waals surface area contributed by atoms with Gasteiger partial charge in [-0.15, -0.1) is 11.3 Å². The Kier molecular flexibility index (Phi) is 7.68. The average Bonchev–Trinajstić information content (AvgIpc) is 3.38. The highest BCUT2D eigenvalue weighted by Crippen LogP contribution is 2.29. The maximum absolute atomic E-state index is 12.9. The van der Waals surface area contributed by atoms with Gasteiger partial charge in [-0.2, -0.15) is 0 Å². The molecule has 1 heterocycles. The van der Waals surface area contributed by atoms with Gasteiger partial charge in [0.1, 0.15) is 5.75 Å². The van der Waals surface area contributed by atoms with E-state index in [1.165, 1.54) is 17.4 Å². The molecule has 172 valence electrons. The fraction of sp³-hybridized carbons (Fsp3) is 0.111. The molecular weight excluding hydrogens is 491 g/mol. The van der Waals surface area contributed by atoms with Gasteiger partial charge in [-0.1, -0.05) is 65.7 Å². The van der Waals surface area contributed by atoms with Gasteiger partial charge < -0.3 is 9.84 Å². The number of carboxylic acids is 1. The number of hydrogen-bond donors (Lipinski definition) is 1. The number of carbonyl (C=O) groups excluding carboxylic acids is 1. The van der Waals surface area contributed by atoms with Gasteiger partial charge >= 0.3 is 5.97 Å². The molecule has 4 aromatic rings.